The molecule has 0 saturated carbocycles. The second-order valence-electron chi connectivity index (χ2n) is 4.72. The van der Waals surface area contributed by atoms with Crippen LogP contribution in [-0.4, -0.2) is 39.1 Å². The minimum atomic E-state index is -0.639. The summed E-state index contributed by atoms with van der Waals surface area (Å²) >= 11 is 0. The molecule has 1 aliphatic rings. The van der Waals surface area contributed by atoms with Crippen molar-refractivity contribution in [2.75, 3.05) is 12.4 Å². The molecule has 0 spiro atoms. The number of hydrogen-bond donors (Lipinski definition) is 1. The van der Waals surface area contributed by atoms with E-state index in [0.29, 0.717) is 0 Å². The van der Waals surface area contributed by atoms with Gasteiger partial charge in [0.2, 0.25) is 5.95 Å². The third-order valence-corrected chi connectivity index (χ3v) is 3.40. The van der Waals surface area contributed by atoms with E-state index in [9.17, 15) is 9.59 Å². The molecule has 3 rings (SSSR count). The fourth-order valence-electron chi connectivity index (χ4n) is 2.46. The first-order chi connectivity index (χ1) is 10.6. The van der Waals surface area contributed by atoms with Gasteiger partial charge in [-0.1, -0.05) is 35.4 Å². The molecule has 22 heavy (non-hydrogen) atoms. The Morgan fingerprint density at radius 1 is 1.27 bits per heavy atom. The lowest BCUT2D eigenvalue weighted by Crippen LogP contribution is -2.32. The van der Waals surface area contributed by atoms with E-state index >= 15 is 0 Å². The zero-order chi connectivity index (χ0) is 15.7. The number of esters is 1. The van der Waals surface area contributed by atoms with Crippen LogP contribution < -0.4 is 5.32 Å². The van der Waals surface area contributed by atoms with Gasteiger partial charge in [-0.05, 0) is 22.9 Å². The Morgan fingerprint density at radius 2 is 2.00 bits per heavy atom. The molecule has 1 unspecified atom stereocenters. The van der Waals surface area contributed by atoms with Crippen molar-refractivity contribution < 1.29 is 14.3 Å². The molecular weight excluding hydrogens is 286 g/mol. The van der Waals surface area contributed by atoms with Crippen molar-refractivity contribution in [3.8, 4) is 0 Å². The van der Waals surface area contributed by atoms with Crippen molar-refractivity contribution in [2.24, 2.45) is 0 Å². The van der Waals surface area contributed by atoms with Crippen LogP contribution in [-0.2, 0) is 14.3 Å². The summed E-state index contributed by atoms with van der Waals surface area (Å²) in [4.78, 5) is 24.2. The van der Waals surface area contributed by atoms with Gasteiger partial charge in [-0.25, -0.2) is 4.79 Å². The summed E-state index contributed by atoms with van der Waals surface area (Å²) < 4.78 is 6.23. The summed E-state index contributed by atoms with van der Waals surface area (Å²) in [7, 11) is 1.25. The Bertz CT molecular complexity index is 766. The average Bonchev–Trinajstić information content (AvgIpc) is 3.01. The lowest BCUT2D eigenvalue weighted by Gasteiger charge is -2.27. The van der Waals surface area contributed by atoms with Crippen molar-refractivity contribution in [2.45, 2.75) is 13.0 Å². The molecule has 0 bridgehead atoms. The lowest BCUT2D eigenvalue weighted by atomic mass is 9.93. The van der Waals surface area contributed by atoms with Crippen LogP contribution in [0.15, 0.2) is 41.6 Å². The number of carbonyl (C=O) groups excluding carboxylic acids is 2. The number of fused-ring (bicyclic) bond motifs is 1. The Labute approximate surface area is 125 Å². The molecule has 112 valence electrons. The Hall–Kier alpha value is -3.03. The van der Waals surface area contributed by atoms with Gasteiger partial charge in [0.1, 0.15) is 11.7 Å². The van der Waals surface area contributed by atoms with Crippen LogP contribution in [0.1, 0.15) is 18.5 Å². The third kappa shape index (κ3) is 2.14. The molecule has 1 aromatic carbocycles. The van der Waals surface area contributed by atoms with Crippen LogP contribution in [0.2, 0.25) is 0 Å². The Morgan fingerprint density at radius 3 is 2.64 bits per heavy atom. The summed E-state index contributed by atoms with van der Waals surface area (Å²) in [6, 6.07) is 8.66. The number of tetrazole rings is 1. The molecule has 2 aromatic rings. The zero-order valence-electron chi connectivity index (χ0n) is 12.0. The summed E-state index contributed by atoms with van der Waals surface area (Å²) in [5.74, 6) is -0.623. The highest BCUT2D eigenvalue weighted by atomic mass is 16.5. The van der Waals surface area contributed by atoms with Crippen LogP contribution in [0.5, 0.6) is 0 Å². The van der Waals surface area contributed by atoms with Crippen LogP contribution in [0.25, 0.3) is 0 Å². The van der Waals surface area contributed by atoms with E-state index in [-0.39, 0.29) is 23.0 Å². The number of ether oxygens (including phenoxy) is 1. The topological polar surface area (TPSA) is 99.0 Å². The van der Waals surface area contributed by atoms with Gasteiger partial charge in [0.05, 0.1) is 12.7 Å². The maximum atomic E-state index is 12.2. The number of allylic oxidation sites excluding steroid dienone is 1. The minimum absolute atomic E-state index is 0.0613. The number of Topliss-reactive ketones (excluding diaryl/α,β-unsaturated/α-hetero) is 1. The molecule has 0 aliphatic carbocycles. The molecule has 8 heteroatoms. The number of methoxy groups -OCH3 is 1. The van der Waals surface area contributed by atoms with E-state index in [1.807, 2.05) is 30.3 Å². The minimum Gasteiger partial charge on any atom is -0.464 e. The molecular formula is C14H13N5O3. The number of nitrogens with zero attached hydrogens (tertiary/aromatic N) is 4. The molecule has 0 saturated heterocycles. The zero-order valence-corrected chi connectivity index (χ0v) is 12.0. The monoisotopic (exact) mass is 299 g/mol. The summed E-state index contributed by atoms with van der Waals surface area (Å²) in [5.41, 5.74) is 1.12. The van der Waals surface area contributed by atoms with Crippen molar-refractivity contribution in [3.05, 3.63) is 47.2 Å². The molecule has 1 aliphatic heterocycles. The smallest absolute Gasteiger partial charge is 0.355 e. The number of aromatic nitrogens is 4. The van der Waals surface area contributed by atoms with E-state index in [1.165, 1.54) is 18.7 Å². The van der Waals surface area contributed by atoms with Crippen LogP contribution >= 0.6 is 0 Å². The quantitative estimate of drug-likeness (QED) is 0.833. The van der Waals surface area contributed by atoms with E-state index in [2.05, 4.69) is 20.8 Å². The second kappa shape index (κ2) is 5.40. The van der Waals surface area contributed by atoms with Gasteiger partial charge in [0.25, 0.3) is 0 Å². The number of anilines is 1. The predicted octanol–water partition coefficient (Wildman–Crippen LogP) is 0.704. The SMILES string of the molecule is COC(=O)C1=C(C(C)=O)C(c2ccccc2)n2nnnc2N1. The van der Waals surface area contributed by atoms with Gasteiger partial charge in [0, 0.05) is 0 Å². The number of benzene rings is 1. The van der Waals surface area contributed by atoms with Crippen molar-refractivity contribution in [1.82, 2.24) is 20.2 Å². The first-order valence-corrected chi connectivity index (χ1v) is 6.56. The Balaban J connectivity index is 2.25. The first-order valence-electron chi connectivity index (χ1n) is 6.56. The van der Waals surface area contributed by atoms with E-state index in [4.69, 9.17) is 4.74 Å². The molecule has 1 N–H and O–H groups in total. The standard InChI is InChI=1S/C14H13N5O3/c1-8(20)10-11(13(21)22-2)15-14-16-17-18-19(14)12(10)9-6-4-3-5-7-9/h3-7,12H,1-2H3,(H,15,16,18). The van der Waals surface area contributed by atoms with Crippen molar-refractivity contribution in [3.63, 3.8) is 0 Å². The van der Waals surface area contributed by atoms with Crippen molar-refractivity contribution >= 4 is 17.7 Å². The highest BCUT2D eigenvalue weighted by molar-refractivity contribution is 6.05. The molecule has 0 amide bonds. The normalized spacial score (nSPS) is 16.7. The summed E-state index contributed by atoms with van der Waals surface area (Å²) in [6.07, 6.45) is 0. The van der Waals surface area contributed by atoms with E-state index in [0.717, 1.165) is 5.56 Å². The lowest BCUT2D eigenvalue weighted by molar-refractivity contribution is -0.136. The molecule has 2 heterocycles. The van der Waals surface area contributed by atoms with E-state index in [1.54, 1.807) is 0 Å². The molecule has 0 fully saturated rings. The molecule has 0 radical (unpaired) electrons. The number of hydrogen-bond acceptors (Lipinski definition) is 7. The largest absolute Gasteiger partial charge is 0.464 e. The maximum absolute atomic E-state index is 12.2. The van der Waals surface area contributed by atoms with Crippen molar-refractivity contribution in [1.29, 1.82) is 0 Å². The second-order valence-corrected chi connectivity index (χ2v) is 4.72. The summed E-state index contributed by atoms with van der Waals surface area (Å²) in [5, 5.41) is 14.1. The van der Waals surface area contributed by atoms with Crippen LogP contribution in [0, 0.1) is 0 Å². The first kappa shape index (κ1) is 13.9. The molecule has 1 aromatic heterocycles. The molecule has 1 atom stereocenters. The fourth-order valence-corrected chi connectivity index (χ4v) is 2.46. The van der Waals surface area contributed by atoms with Gasteiger partial charge in [0.15, 0.2) is 5.78 Å². The number of nitrogens with one attached hydrogen (secondary N) is 1. The van der Waals surface area contributed by atoms with Gasteiger partial charge < -0.3 is 10.1 Å². The van der Waals surface area contributed by atoms with Gasteiger partial charge in [-0.3, -0.25) is 4.79 Å². The van der Waals surface area contributed by atoms with Gasteiger partial charge >= 0.3 is 5.97 Å². The van der Waals surface area contributed by atoms with Gasteiger partial charge in [-0.15, -0.1) is 0 Å². The number of ketones is 1. The Kier molecular flexibility index (Phi) is 3.42. The fraction of sp³-hybridized carbons (Fsp3) is 0.214. The predicted molar refractivity (Wildman–Crippen MR) is 75.7 cm³/mol. The third-order valence-electron chi connectivity index (χ3n) is 3.40. The van der Waals surface area contributed by atoms with Gasteiger partial charge in [-0.2, -0.15) is 4.68 Å². The number of rotatable bonds is 3. The molecule has 8 nitrogen and oxygen atoms in total. The highest BCUT2D eigenvalue weighted by Gasteiger charge is 2.36. The maximum Gasteiger partial charge on any atom is 0.355 e. The van der Waals surface area contributed by atoms with Crippen LogP contribution in [0.4, 0.5) is 5.95 Å². The average molecular weight is 299 g/mol. The number of carbonyl (C=O) groups is 2. The van der Waals surface area contributed by atoms with Crippen LogP contribution in [0.3, 0.4) is 0 Å². The van der Waals surface area contributed by atoms with E-state index < -0.39 is 12.0 Å². The highest BCUT2D eigenvalue weighted by Crippen LogP contribution is 2.34. The summed E-state index contributed by atoms with van der Waals surface area (Å²) in [6.45, 7) is 1.39.